The molecule has 0 radical (unpaired) electrons. The van der Waals surface area contributed by atoms with Gasteiger partial charge in [-0.3, -0.25) is 4.79 Å². The van der Waals surface area contributed by atoms with Crippen molar-refractivity contribution in [3.63, 3.8) is 0 Å². The van der Waals surface area contributed by atoms with Gasteiger partial charge in [0, 0.05) is 17.3 Å². The second-order valence-corrected chi connectivity index (χ2v) is 4.63. The molecule has 0 bridgehead atoms. The third kappa shape index (κ3) is 3.82. The van der Waals surface area contributed by atoms with E-state index in [1.807, 2.05) is 0 Å². The van der Waals surface area contributed by atoms with Gasteiger partial charge in [-0.1, -0.05) is 24.0 Å². The van der Waals surface area contributed by atoms with Crippen LogP contribution in [0.3, 0.4) is 0 Å². The smallest absolute Gasteiger partial charge is 0.257 e. The van der Waals surface area contributed by atoms with Gasteiger partial charge >= 0.3 is 0 Å². The molecular formula is C12H12FNO2S2. The minimum atomic E-state index is -0.429. The van der Waals surface area contributed by atoms with Crippen molar-refractivity contribution >= 4 is 40.7 Å². The van der Waals surface area contributed by atoms with E-state index in [4.69, 9.17) is 17.0 Å². The summed E-state index contributed by atoms with van der Waals surface area (Å²) in [6.45, 7) is 0. The molecule has 0 atom stereocenters. The molecule has 6 heteroatoms. The first-order valence-corrected chi connectivity index (χ1v) is 6.35. The predicted octanol–water partition coefficient (Wildman–Crippen LogP) is 2.61. The summed E-state index contributed by atoms with van der Waals surface area (Å²) in [7, 11) is 2.99. The van der Waals surface area contributed by atoms with E-state index in [9.17, 15) is 9.18 Å². The van der Waals surface area contributed by atoms with Crippen LogP contribution in [0.4, 0.5) is 4.39 Å². The first-order chi connectivity index (χ1) is 8.62. The lowest BCUT2D eigenvalue weighted by atomic mass is 10.2. The van der Waals surface area contributed by atoms with Crippen LogP contribution >= 0.6 is 24.0 Å². The van der Waals surface area contributed by atoms with Crippen molar-refractivity contribution in [1.82, 2.24) is 5.32 Å². The van der Waals surface area contributed by atoms with E-state index in [1.54, 1.807) is 0 Å². The van der Waals surface area contributed by atoms with Crippen LogP contribution in [0.15, 0.2) is 23.1 Å². The fourth-order valence-electron chi connectivity index (χ4n) is 1.23. The van der Waals surface area contributed by atoms with Gasteiger partial charge in [-0.05, 0) is 24.3 Å². The van der Waals surface area contributed by atoms with Crippen LogP contribution in [0.1, 0.15) is 5.56 Å². The third-order valence-corrected chi connectivity index (χ3v) is 3.06. The Morgan fingerprint density at radius 3 is 2.83 bits per heavy atom. The third-order valence-electron chi connectivity index (χ3n) is 2.12. The van der Waals surface area contributed by atoms with Crippen molar-refractivity contribution in [3.05, 3.63) is 34.5 Å². The molecular weight excluding hydrogens is 273 g/mol. The highest BCUT2D eigenvalue weighted by Gasteiger charge is 2.09. The van der Waals surface area contributed by atoms with Gasteiger partial charge in [0.25, 0.3) is 5.91 Å². The minimum absolute atomic E-state index is 0.275. The van der Waals surface area contributed by atoms with Crippen LogP contribution in [0.5, 0.6) is 5.75 Å². The Labute approximate surface area is 114 Å². The molecule has 1 aromatic carbocycles. The molecule has 96 valence electrons. The molecule has 0 aliphatic rings. The lowest BCUT2D eigenvalue weighted by Gasteiger charge is -2.05. The molecule has 0 heterocycles. The van der Waals surface area contributed by atoms with Gasteiger partial charge in [0.15, 0.2) is 0 Å². The topological polar surface area (TPSA) is 38.3 Å². The first-order valence-electron chi connectivity index (χ1n) is 5.00. The number of carbonyl (C=O) groups excluding carboxylic acids is 1. The molecule has 0 saturated carbocycles. The number of likely N-dealkylation sites (N-methyl/N-ethyl adjacent to an activating group) is 1. The number of amides is 1. The summed E-state index contributed by atoms with van der Waals surface area (Å²) >= 11 is 5.75. The molecule has 0 fully saturated rings. The average Bonchev–Trinajstić information content (AvgIpc) is 2.39. The maximum Gasteiger partial charge on any atom is 0.257 e. The van der Waals surface area contributed by atoms with Gasteiger partial charge in [0.1, 0.15) is 11.6 Å². The van der Waals surface area contributed by atoms with Gasteiger partial charge in [-0.25, -0.2) is 4.39 Å². The molecule has 0 aliphatic heterocycles. The molecule has 0 saturated heterocycles. The number of benzene rings is 1. The van der Waals surface area contributed by atoms with Gasteiger partial charge in [0.2, 0.25) is 0 Å². The Morgan fingerprint density at radius 1 is 1.56 bits per heavy atom. The Morgan fingerprint density at radius 2 is 2.28 bits per heavy atom. The summed E-state index contributed by atoms with van der Waals surface area (Å²) in [5.74, 6) is -0.225. The van der Waals surface area contributed by atoms with Gasteiger partial charge in [0.05, 0.1) is 12.0 Å². The molecule has 0 aliphatic carbocycles. The number of halogens is 1. The molecule has 1 N–H and O–H groups in total. The normalized spacial score (nSPS) is 10.9. The SMILES string of the molecule is CNC(=O)/C(=C/c1cc(OC)ccc1F)SC=S. The second-order valence-electron chi connectivity index (χ2n) is 3.19. The Hall–Kier alpha value is -1.40. The average molecular weight is 285 g/mol. The maximum atomic E-state index is 13.6. The zero-order valence-corrected chi connectivity index (χ0v) is 11.5. The summed E-state index contributed by atoms with van der Waals surface area (Å²) in [5.41, 5.74) is 0.275. The number of ether oxygens (including phenoxy) is 1. The van der Waals surface area contributed by atoms with E-state index in [1.165, 1.54) is 43.1 Å². The Balaban J connectivity index is 3.17. The van der Waals surface area contributed by atoms with Crippen LogP contribution < -0.4 is 10.1 Å². The molecule has 0 aromatic heterocycles. The Kier molecular flexibility index (Phi) is 5.80. The van der Waals surface area contributed by atoms with E-state index < -0.39 is 5.82 Å². The Bertz CT molecular complexity index is 489. The summed E-state index contributed by atoms with van der Waals surface area (Å²) in [4.78, 5) is 11.9. The first kappa shape index (κ1) is 14.7. The highest BCUT2D eigenvalue weighted by molar-refractivity contribution is 8.24. The van der Waals surface area contributed by atoms with Gasteiger partial charge < -0.3 is 10.1 Å². The number of carbonyl (C=O) groups is 1. The van der Waals surface area contributed by atoms with Crippen molar-refractivity contribution < 1.29 is 13.9 Å². The standard InChI is InChI=1S/C12H12FNO2S2/c1-14-12(15)11(18-7-17)6-8-5-9(16-2)3-4-10(8)13/h3-7H,1-2H3,(H,14,15)/b11-6-. The number of thiocarbonyl (C=S) groups is 1. The molecule has 1 amide bonds. The van der Waals surface area contributed by atoms with Crippen molar-refractivity contribution in [2.45, 2.75) is 0 Å². The largest absolute Gasteiger partial charge is 0.497 e. The number of hydrogen-bond acceptors (Lipinski definition) is 4. The molecule has 1 rings (SSSR count). The van der Waals surface area contributed by atoms with Crippen molar-refractivity contribution in [2.24, 2.45) is 0 Å². The maximum absolute atomic E-state index is 13.6. The van der Waals surface area contributed by atoms with Crippen LogP contribution in [0.25, 0.3) is 6.08 Å². The predicted molar refractivity (Wildman–Crippen MR) is 76.2 cm³/mol. The van der Waals surface area contributed by atoms with Gasteiger partial charge in [-0.15, -0.1) is 0 Å². The molecule has 0 unspecified atom stereocenters. The number of thioether (sulfide) groups is 1. The monoisotopic (exact) mass is 285 g/mol. The zero-order chi connectivity index (χ0) is 13.5. The summed E-state index contributed by atoms with van der Waals surface area (Å²) in [5, 5.41) is 2.47. The summed E-state index contributed by atoms with van der Waals surface area (Å²) < 4.78 is 19.9. The quantitative estimate of drug-likeness (QED) is 0.666. The highest BCUT2D eigenvalue weighted by atomic mass is 32.2. The summed E-state index contributed by atoms with van der Waals surface area (Å²) in [6.07, 6.45) is 1.43. The van der Waals surface area contributed by atoms with E-state index in [0.29, 0.717) is 10.7 Å². The van der Waals surface area contributed by atoms with Crippen molar-refractivity contribution in [2.75, 3.05) is 14.2 Å². The van der Waals surface area contributed by atoms with E-state index in [2.05, 4.69) is 5.32 Å². The zero-order valence-electron chi connectivity index (χ0n) is 9.90. The number of hydrogen-bond donors (Lipinski definition) is 1. The molecule has 3 nitrogen and oxygen atoms in total. The molecule has 0 spiro atoms. The lowest BCUT2D eigenvalue weighted by Crippen LogP contribution is -2.18. The van der Waals surface area contributed by atoms with Crippen molar-refractivity contribution in [3.8, 4) is 5.75 Å². The van der Waals surface area contributed by atoms with Gasteiger partial charge in [-0.2, -0.15) is 0 Å². The van der Waals surface area contributed by atoms with E-state index in [0.717, 1.165) is 11.8 Å². The van der Waals surface area contributed by atoms with E-state index >= 15 is 0 Å². The minimum Gasteiger partial charge on any atom is -0.497 e. The van der Waals surface area contributed by atoms with E-state index in [-0.39, 0.29) is 11.5 Å². The number of methoxy groups -OCH3 is 1. The fraction of sp³-hybridized carbons (Fsp3) is 0.167. The van der Waals surface area contributed by atoms with Crippen molar-refractivity contribution in [1.29, 1.82) is 0 Å². The molecule has 1 aromatic rings. The molecule has 18 heavy (non-hydrogen) atoms. The van der Waals surface area contributed by atoms with Crippen LogP contribution in [-0.4, -0.2) is 24.8 Å². The van der Waals surface area contributed by atoms with Crippen LogP contribution in [0.2, 0.25) is 0 Å². The fourth-order valence-corrected chi connectivity index (χ4v) is 2.05. The highest BCUT2D eigenvalue weighted by Crippen LogP contribution is 2.23. The van der Waals surface area contributed by atoms with Crippen LogP contribution in [0, 0.1) is 5.82 Å². The number of rotatable bonds is 5. The number of nitrogens with one attached hydrogen (secondary N) is 1. The summed E-state index contributed by atoms with van der Waals surface area (Å²) in [6, 6.07) is 4.31. The second kappa shape index (κ2) is 7.13. The van der Waals surface area contributed by atoms with Crippen LogP contribution in [-0.2, 0) is 4.79 Å². The lowest BCUT2D eigenvalue weighted by molar-refractivity contribution is -0.116.